The Bertz CT molecular complexity index is 832. The standard InChI is InChI=1S/2C12H10S.C6H15N.Ca.2H/c2*1-3-7-11(8-4-1)13-12-9-5-2-6-10-12;1-5(2)7-6(3)4;;;/h2*1-10H;5-7H,1-4H3;;;/q;;;+2;2*-1. The van der Waals surface area contributed by atoms with Gasteiger partial charge in [0.2, 0.25) is 0 Å². The molecule has 4 aromatic rings. The van der Waals surface area contributed by atoms with E-state index in [-0.39, 0.29) is 40.6 Å². The fourth-order valence-electron chi connectivity index (χ4n) is 2.89. The van der Waals surface area contributed by atoms with Crippen LogP contribution in [0.15, 0.2) is 141 Å². The molecular weight excluding hydrogens is 479 g/mol. The van der Waals surface area contributed by atoms with Crippen LogP contribution in [0.5, 0.6) is 0 Å². The molecule has 34 heavy (non-hydrogen) atoms. The molecule has 1 nitrogen and oxygen atoms in total. The Morgan fingerprint density at radius 3 is 0.794 bits per heavy atom. The minimum Gasteiger partial charge on any atom is -1.00 e. The van der Waals surface area contributed by atoms with Crippen LogP contribution in [0.25, 0.3) is 0 Å². The van der Waals surface area contributed by atoms with Crippen LogP contribution in [0, 0.1) is 0 Å². The third-order valence-corrected chi connectivity index (χ3v) is 6.14. The summed E-state index contributed by atoms with van der Waals surface area (Å²) < 4.78 is 0. The zero-order valence-corrected chi connectivity index (χ0v) is 24.6. The van der Waals surface area contributed by atoms with Crippen LogP contribution < -0.4 is 5.32 Å². The maximum atomic E-state index is 3.31. The minimum atomic E-state index is 0. The Morgan fingerprint density at radius 1 is 0.441 bits per heavy atom. The number of hydrogen-bond acceptors (Lipinski definition) is 3. The van der Waals surface area contributed by atoms with Crippen LogP contribution in [0.2, 0.25) is 0 Å². The first kappa shape index (κ1) is 30.8. The van der Waals surface area contributed by atoms with Gasteiger partial charge < -0.3 is 8.17 Å². The van der Waals surface area contributed by atoms with Gasteiger partial charge in [-0.05, 0) is 48.5 Å². The van der Waals surface area contributed by atoms with Crippen molar-refractivity contribution in [3.63, 3.8) is 0 Å². The normalized spacial score (nSPS) is 9.82. The number of benzene rings is 4. The summed E-state index contributed by atoms with van der Waals surface area (Å²) in [6, 6.07) is 42.9. The van der Waals surface area contributed by atoms with Crippen molar-refractivity contribution in [2.24, 2.45) is 0 Å². The largest absolute Gasteiger partial charge is 2.00 e. The topological polar surface area (TPSA) is 12.0 Å². The molecule has 0 unspecified atom stereocenters. The molecule has 0 saturated heterocycles. The first-order valence-electron chi connectivity index (χ1n) is 11.3. The first-order chi connectivity index (χ1) is 16.0. The number of hydrogen-bond donors (Lipinski definition) is 1. The summed E-state index contributed by atoms with van der Waals surface area (Å²) in [6.07, 6.45) is 0. The van der Waals surface area contributed by atoms with E-state index in [0.717, 1.165) is 0 Å². The van der Waals surface area contributed by atoms with Crippen molar-refractivity contribution in [1.29, 1.82) is 0 Å². The van der Waals surface area contributed by atoms with Gasteiger partial charge in [-0.3, -0.25) is 0 Å². The Hall–Kier alpha value is -1.20. The predicted octanol–water partition coefficient (Wildman–Crippen LogP) is 8.91. The number of nitrogens with one attached hydrogen (secondary N) is 1. The molecule has 4 rings (SSSR count). The van der Waals surface area contributed by atoms with E-state index in [1.807, 2.05) is 24.3 Å². The van der Waals surface area contributed by atoms with Crippen molar-refractivity contribution < 1.29 is 2.85 Å². The molecule has 4 heteroatoms. The summed E-state index contributed by atoms with van der Waals surface area (Å²) in [5.74, 6) is 0. The molecule has 4 aromatic carbocycles. The van der Waals surface area contributed by atoms with E-state index >= 15 is 0 Å². The van der Waals surface area contributed by atoms with Gasteiger partial charge in [-0.2, -0.15) is 0 Å². The van der Waals surface area contributed by atoms with Gasteiger partial charge in [0.25, 0.3) is 0 Å². The molecular formula is C30H37CaNS2. The Kier molecular flexibility index (Phi) is 17.3. The fraction of sp³-hybridized carbons (Fsp3) is 0.200. The van der Waals surface area contributed by atoms with Gasteiger partial charge in [0.05, 0.1) is 0 Å². The van der Waals surface area contributed by atoms with Gasteiger partial charge in [0.1, 0.15) is 0 Å². The monoisotopic (exact) mass is 515 g/mol. The second-order valence-electron chi connectivity index (χ2n) is 7.93. The molecule has 0 spiro atoms. The van der Waals surface area contributed by atoms with Crippen molar-refractivity contribution in [2.45, 2.75) is 59.4 Å². The van der Waals surface area contributed by atoms with Crippen molar-refractivity contribution >= 4 is 61.3 Å². The fourth-order valence-corrected chi connectivity index (χ4v) is 4.61. The smallest absolute Gasteiger partial charge is 1.00 e. The summed E-state index contributed by atoms with van der Waals surface area (Å²) in [4.78, 5) is 5.14. The van der Waals surface area contributed by atoms with E-state index in [1.165, 1.54) is 19.6 Å². The molecule has 0 amide bonds. The second-order valence-corrected chi connectivity index (χ2v) is 10.2. The average molecular weight is 516 g/mol. The molecule has 0 saturated carbocycles. The molecule has 0 aromatic heterocycles. The predicted molar refractivity (Wildman–Crippen MR) is 155 cm³/mol. The van der Waals surface area contributed by atoms with Gasteiger partial charge >= 0.3 is 37.7 Å². The minimum absolute atomic E-state index is 0. The molecule has 0 radical (unpaired) electrons. The average Bonchev–Trinajstić information content (AvgIpc) is 2.82. The third kappa shape index (κ3) is 14.9. The van der Waals surface area contributed by atoms with Crippen LogP contribution in [0.3, 0.4) is 0 Å². The Labute approximate surface area is 248 Å². The Balaban J connectivity index is 0. The van der Waals surface area contributed by atoms with Crippen molar-refractivity contribution in [3.8, 4) is 0 Å². The number of rotatable bonds is 6. The van der Waals surface area contributed by atoms with Crippen LogP contribution in [-0.2, 0) is 0 Å². The van der Waals surface area contributed by atoms with Gasteiger partial charge in [0, 0.05) is 31.7 Å². The van der Waals surface area contributed by atoms with Crippen molar-refractivity contribution in [3.05, 3.63) is 121 Å². The zero-order valence-electron chi connectivity index (χ0n) is 22.7. The van der Waals surface area contributed by atoms with Crippen molar-refractivity contribution in [2.75, 3.05) is 0 Å². The summed E-state index contributed by atoms with van der Waals surface area (Å²) >= 11 is 3.58. The van der Waals surface area contributed by atoms with E-state index in [4.69, 9.17) is 0 Å². The summed E-state index contributed by atoms with van der Waals surface area (Å²) in [5, 5.41) is 3.31. The quantitative estimate of drug-likeness (QED) is 0.257. The van der Waals surface area contributed by atoms with Crippen LogP contribution in [-0.4, -0.2) is 49.8 Å². The molecule has 0 atom stereocenters. The summed E-state index contributed by atoms with van der Waals surface area (Å²) in [7, 11) is 0. The molecule has 0 fully saturated rings. The molecule has 0 bridgehead atoms. The van der Waals surface area contributed by atoms with Crippen molar-refractivity contribution in [1.82, 2.24) is 5.32 Å². The van der Waals surface area contributed by atoms with E-state index in [1.54, 1.807) is 23.5 Å². The second kappa shape index (κ2) is 19.0. The van der Waals surface area contributed by atoms with E-state index in [0.29, 0.717) is 12.1 Å². The molecule has 0 aliphatic rings. The SMILES string of the molecule is CC(C)NC(C)C.[Ca+2].[H-].[H-].c1ccc(Sc2ccccc2)cc1.c1ccc(Sc2ccccc2)cc1. The third-order valence-electron chi connectivity index (χ3n) is 4.11. The maximum Gasteiger partial charge on any atom is 2.00 e. The van der Waals surface area contributed by atoms with Gasteiger partial charge in [0.15, 0.2) is 0 Å². The maximum absolute atomic E-state index is 3.31. The molecule has 1 N–H and O–H groups in total. The van der Waals surface area contributed by atoms with Crippen LogP contribution in [0.4, 0.5) is 0 Å². The zero-order chi connectivity index (χ0) is 23.7. The molecule has 0 aliphatic carbocycles. The van der Waals surface area contributed by atoms with Gasteiger partial charge in [-0.1, -0.05) is 124 Å². The van der Waals surface area contributed by atoms with Gasteiger partial charge in [-0.25, -0.2) is 0 Å². The van der Waals surface area contributed by atoms with E-state index < -0.39 is 0 Å². The summed E-state index contributed by atoms with van der Waals surface area (Å²) in [5.41, 5.74) is 0. The summed E-state index contributed by atoms with van der Waals surface area (Å²) in [6.45, 7) is 8.61. The van der Waals surface area contributed by atoms with E-state index in [2.05, 4.69) is 130 Å². The molecule has 0 aliphatic heterocycles. The Morgan fingerprint density at radius 2 is 0.647 bits per heavy atom. The first-order valence-corrected chi connectivity index (χ1v) is 13.0. The molecule has 176 valence electrons. The van der Waals surface area contributed by atoms with Gasteiger partial charge in [-0.15, -0.1) is 0 Å². The van der Waals surface area contributed by atoms with Crippen LogP contribution >= 0.6 is 23.5 Å². The van der Waals surface area contributed by atoms with E-state index in [9.17, 15) is 0 Å². The van der Waals surface area contributed by atoms with Crippen LogP contribution in [0.1, 0.15) is 30.5 Å². The molecule has 0 heterocycles.